The lowest BCUT2D eigenvalue weighted by Gasteiger charge is -2.32. The summed E-state index contributed by atoms with van der Waals surface area (Å²) in [7, 11) is -1.38. The van der Waals surface area contributed by atoms with E-state index in [1.807, 2.05) is 0 Å². The molecule has 0 radical (unpaired) electrons. The van der Waals surface area contributed by atoms with E-state index in [0.29, 0.717) is 57.7 Å². The number of piperazine rings is 1. The van der Waals surface area contributed by atoms with E-state index >= 15 is 0 Å². The van der Waals surface area contributed by atoms with E-state index in [9.17, 15) is 8.42 Å². The second-order valence-corrected chi connectivity index (χ2v) is 11.3. The number of morpholine rings is 1. The molecule has 12 nitrogen and oxygen atoms in total. The standard InChI is InChI=1S/C20H27N9O3S2/c1-21-20-22-11-14(12-23-20)17-25-18(28-7-9-32-10-8-28)16-19(26-17)33-15(24-16)13-27-3-5-29(6-4-27)34(2,30)31/h11-12H,3-10,13H2,1-2H3,(H,21,22,23). The Labute approximate surface area is 202 Å². The minimum Gasteiger partial charge on any atom is -0.378 e. The first kappa shape index (κ1) is 23.2. The van der Waals surface area contributed by atoms with Crippen LogP contribution in [0.3, 0.4) is 0 Å². The number of anilines is 2. The van der Waals surface area contributed by atoms with E-state index in [1.165, 1.54) is 10.6 Å². The maximum absolute atomic E-state index is 11.8. The highest BCUT2D eigenvalue weighted by Gasteiger charge is 2.25. The molecule has 0 spiro atoms. The minimum atomic E-state index is -3.15. The molecule has 0 unspecified atom stereocenters. The van der Waals surface area contributed by atoms with E-state index in [0.717, 1.165) is 39.8 Å². The molecule has 14 heteroatoms. The van der Waals surface area contributed by atoms with Crippen LogP contribution in [0.1, 0.15) is 5.01 Å². The van der Waals surface area contributed by atoms with Gasteiger partial charge in [-0.1, -0.05) is 11.3 Å². The van der Waals surface area contributed by atoms with Crippen LogP contribution in [0, 0.1) is 0 Å². The molecule has 0 saturated carbocycles. The number of hydrogen-bond donors (Lipinski definition) is 1. The van der Waals surface area contributed by atoms with Gasteiger partial charge < -0.3 is 15.0 Å². The van der Waals surface area contributed by atoms with Crippen molar-refractivity contribution in [3.8, 4) is 11.4 Å². The Morgan fingerprint density at radius 2 is 1.74 bits per heavy atom. The van der Waals surface area contributed by atoms with E-state index in [1.54, 1.807) is 30.8 Å². The van der Waals surface area contributed by atoms with Gasteiger partial charge in [-0.25, -0.2) is 33.3 Å². The molecular weight excluding hydrogens is 478 g/mol. The van der Waals surface area contributed by atoms with Crippen molar-refractivity contribution in [2.75, 3.05) is 76.0 Å². The van der Waals surface area contributed by atoms with Gasteiger partial charge in [-0.2, -0.15) is 4.31 Å². The number of nitrogens with zero attached hydrogens (tertiary/aromatic N) is 8. The van der Waals surface area contributed by atoms with Crippen LogP contribution >= 0.6 is 11.3 Å². The Morgan fingerprint density at radius 3 is 2.38 bits per heavy atom. The van der Waals surface area contributed by atoms with Gasteiger partial charge in [0.1, 0.15) is 15.4 Å². The third-order valence-electron chi connectivity index (χ3n) is 5.89. The van der Waals surface area contributed by atoms with Gasteiger partial charge in [-0.15, -0.1) is 0 Å². The second-order valence-electron chi connectivity index (χ2n) is 8.22. The van der Waals surface area contributed by atoms with Crippen molar-refractivity contribution in [2.45, 2.75) is 6.54 Å². The first-order chi connectivity index (χ1) is 16.4. The molecule has 5 heterocycles. The highest BCUT2D eigenvalue weighted by molar-refractivity contribution is 7.88. The Kier molecular flexibility index (Phi) is 6.57. The molecule has 0 amide bonds. The fourth-order valence-electron chi connectivity index (χ4n) is 4.03. The van der Waals surface area contributed by atoms with Gasteiger partial charge in [0, 0.05) is 58.7 Å². The number of nitrogens with one attached hydrogen (secondary N) is 1. The number of hydrogen-bond acceptors (Lipinski definition) is 12. The van der Waals surface area contributed by atoms with Gasteiger partial charge in [0.15, 0.2) is 11.6 Å². The third kappa shape index (κ3) is 4.95. The Morgan fingerprint density at radius 1 is 1.03 bits per heavy atom. The van der Waals surface area contributed by atoms with Crippen molar-refractivity contribution in [3.05, 3.63) is 17.4 Å². The Bertz CT molecular complexity index is 1250. The van der Waals surface area contributed by atoms with Gasteiger partial charge in [-0.3, -0.25) is 4.90 Å². The molecule has 182 valence electrons. The lowest BCUT2D eigenvalue weighted by Crippen LogP contribution is -2.47. The zero-order valence-electron chi connectivity index (χ0n) is 19.1. The predicted molar refractivity (Wildman–Crippen MR) is 131 cm³/mol. The first-order valence-corrected chi connectivity index (χ1v) is 13.7. The number of sulfonamides is 1. The molecule has 2 aliphatic heterocycles. The van der Waals surface area contributed by atoms with Gasteiger partial charge in [0.25, 0.3) is 0 Å². The zero-order valence-corrected chi connectivity index (χ0v) is 20.8. The number of fused-ring (bicyclic) bond motifs is 1. The molecule has 3 aromatic heterocycles. The molecule has 0 aromatic carbocycles. The highest BCUT2D eigenvalue weighted by Crippen LogP contribution is 2.31. The summed E-state index contributed by atoms with van der Waals surface area (Å²) in [6.45, 7) is 5.74. The summed E-state index contributed by atoms with van der Waals surface area (Å²) < 4.78 is 30.6. The maximum Gasteiger partial charge on any atom is 0.222 e. The summed E-state index contributed by atoms with van der Waals surface area (Å²) >= 11 is 1.55. The topological polar surface area (TPSA) is 130 Å². The SMILES string of the molecule is CNc1ncc(-c2nc(N3CCOCC3)c3nc(CN4CCN(S(C)(=O)=O)CC4)sc3n2)cn1. The minimum absolute atomic E-state index is 0.495. The van der Waals surface area contributed by atoms with Crippen molar-refractivity contribution < 1.29 is 13.2 Å². The van der Waals surface area contributed by atoms with E-state index in [4.69, 9.17) is 19.7 Å². The van der Waals surface area contributed by atoms with Crippen LogP contribution in [0.2, 0.25) is 0 Å². The normalized spacial score (nSPS) is 18.5. The average Bonchev–Trinajstić information content (AvgIpc) is 3.26. The van der Waals surface area contributed by atoms with Crippen molar-refractivity contribution in [3.63, 3.8) is 0 Å². The van der Waals surface area contributed by atoms with Crippen molar-refractivity contribution >= 4 is 43.5 Å². The van der Waals surface area contributed by atoms with Crippen LogP contribution in [-0.2, 0) is 21.3 Å². The van der Waals surface area contributed by atoms with Crippen LogP contribution in [0.25, 0.3) is 21.7 Å². The third-order valence-corrected chi connectivity index (χ3v) is 8.13. The van der Waals surface area contributed by atoms with Crippen molar-refractivity contribution in [1.29, 1.82) is 0 Å². The molecule has 2 fully saturated rings. The summed E-state index contributed by atoms with van der Waals surface area (Å²) in [6.07, 6.45) is 4.69. The molecule has 1 N–H and O–H groups in total. The van der Waals surface area contributed by atoms with Gasteiger partial charge in [0.05, 0.1) is 31.6 Å². The van der Waals surface area contributed by atoms with Crippen LogP contribution in [0.4, 0.5) is 11.8 Å². The zero-order chi connectivity index (χ0) is 23.7. The molecule has 2 saturated heterocycles. The molecular formula is C20H27N9O3S2. The number of aromatic nitrogens is 5. The highest BCUT2D eigenvalue weighted by atomic mass is 32.2. The van der Waals surface area contributed by atoms with Gasteiger partial charge in [0.2, 0.25) is 16.0 Å². The van der Waals surface area contributed by atoms with Crippen LogP contribution in [0.5, 0.6) is 0 Å². The average molecular weight is 506 g/mol. The smallest absolute Gasteiger partial charge is 0.222 e. The second kappa shape index (κ2) is 9.62. The van der Waals surface area contributed by atoms with Crippen LogP contribution in [0.15, 0.2) is 12.4 Å². The predicted octanol–water partition coefficient (Wildman–Crippen LogP) is 0.499. The summed E-state index contributed by atoms with van der Waals surface area (Å²) in [4.78, 5) is 28.4. The number of rotatable bonds is 6. The molecule has 0 atom stereocenters. The molecule has 5 rings (SSSR count). The lowest BCUT2D eigenvalue weighted by molar-refractivity contribution is 0.122. The van der Waals surface area contributed by atoms with E-state index in [-0.39, 0.29) is 0 Å². The van der Waals surface area contributed by atoms with E-state index in [2.05, 4.69) is 25.1 Å². The summed E-state index contributed by atoms with van der Waals surface area (Å²) in [5.41, 5.74) is 1.52. The number of ether oxygens (including phenoxy) is 1. The quantitative estimate of drug-likeness (QED) is 0.503. The maximum atomic E-state index is 11.8. The molecule has 34 heavy (non-hydrogen) atoms. The molecule has 0 aliphatic carbocycles. The van der Waals surface area contributed by atoms with E-state index < -0.39 is 10.0 Å². The number of thiazole rings is 1. The largest absolute Gasteiger partial charge is 0.378 e. The summed E-state index contributed by atoms with van der Waals surface area (Å²) in [5, 5.41) is 3.85. The monoisotopic (exact) mass is 505 g/mol. The van der Waals surface area contributed by atoms with Crippen molar-refractivity contribution in [2.24, 2.45) is 0 Å². The summed E-state index contributed by atoms with van der Waals surface area (Å²) in [5.74, 6) is 1.90. The van der Waals surface area contributed by atoms with Gasteiger partial charge in [-0.05, 0) is 0 Å². The Balaban J connectivity index is 1.44. The molecule has 3 aromatic rings. The fraction of sp³-hybridized carbons (Fsp3) is 0.550. The lowest BCUT2D eigenvalue weighted by atomic mass is 10.3. The van der Waals surface area contributed by atoms with Crippen LogP contribution < -0.4 is 10.2 Å². The Hall–Kier alpha value is -2.52. The fourth-order valence-corrected chi connectivity index (χ4v) is 5.83. The molecule has 0 bridgehead atoms. The van der Waals surface area contributed by atoms with Gasteiger partial charge >= 0.3 is 0 Å². The van der Waals surface area contributed by atoms with Crippen molar-refractivity contribution in [1.82, 2.24) is 34.1 Å². The summed E-state index contributed by atoms with van der Waals surface area (Å²) in [6, 6.07) is 0. The first-order valence-electron chi connectivity index (χ1n) is 11.1. The molecule has 2 aliphatic rings. The van der Waals surface area contributed by atoms with Crippen LogP contribution in [-0.4, -0.2) is 108 Å².